The van der Waals surface area contributed by atoms with E-state index in [4.69, 9.17) is 0 Å². The molecule has 4 heteroatoms. The van der Waals surface area contributed by atoms with Gasteiger partial charge in [-0.15, -0.1) is 0 Å². The van der Waals surface area contributed by atoms with Crippen molar-refractivity contribution >= 4 is 5.78 Å². The van der Waals surface area contributed by atoms with Crippen LogP contribution in [0.25, 0.3) is 0 Å². The molecule has 0 amide bonds. The summed E-state index contributed by atoms with van der Waals surface area (Å²) < 4.78 is 0. The molecule has 0 aliphatic carbocycles. The maximum absolute atomic E-state index is 12.3. The van der Waals surface area contributed by atoms with E-state index in [1.807, 2.05) is 20.8 Å². The molecule has 0 aliphatic heterocycles. The fourth-order valence-electron chi connectivity index (χ4n) is 2.56. The predicted octanol–water partition coefficient (Wildman–Crippen LogP) is 2.49. The lowest BCUT2D eigenvalue weighted by Gasteiger charge is -2.29. The highest BCUT2D eigenvalue weighted by Crippen LogP contribution is 2.38. The molecule has 0 saturated heterocycles. The van der Waals surface area contributed by atoms with E-state index in [1.54, 1.807) is 42.5 Å². The zero-order valence-corrected chi connectivity index (χ0v) is 13.6. The number of carbonyl (C=O) groups excluding carboxylic acids is 1. The summed E-state index contributed by atoms with van der Waals surface area (Å²) in [6, 6.07) is 13.2. The number of hydrogen-bond donors (Lipinski definition) is 3. The summed E-state index contributed by atoms with van der Waals surface area (Å²) in [4.78, 5) is 12.3. The largest absolute Gasteiger partial charge is 0.508 e. The summed E-state index contributed by atoms with van der Waals surface area (Å²) in [6.07, 6.45) is 0. The molecule has 0 saturated carbocycles. The molecule has 3 N–H and O–H groups in total. The summed E-state index contributed by atoms with van der Waals surface area (Å²) >= 11 is 0. The molecule has 0 bridgehead atoms. The Bertz CT molecular complexity index is 701. The molecule has 23 heavy (non-hydrogen) atoms. The predicted molar refractivity (Wildman–Crippen MR) is 88.3 cm³/mol. The average molecular weight is 314 g/mol. The number of aliphatic hydroxyl groups excluding tert-OH is 1. The first-order valence-corrected chi connectivity index (χ1v) is 7.47. The summed E-state index contributed by atoms with van der Waals surface area (Å²) in [6.45, 7) is 5.18. The van der Waals surface area contributed by atoms with Gasteiger partial charge in [0.1, 0.15) is 12.4 Å². The fraction of sp³-hybridized carbons (Fsp3) is 0.316. The van der Waals surface area contributed by atoms with Gasteiger partial charge in [0.05, 0.1) is 0 Å². The second-order valence-corrected chi connectivity index (χ2v) is 6.64. The quantitative estimate of drug-likeness (QED) is 0.810. The zero-order chi connectivity index (χ0) is 17.3. The molecular weight excluding hydrogens is 292 g/mol. The Morgan fingerprint density at radius 2 is 1.61 bits per heavy atom. The van der Waals surface area contributed by atoms with Crippen LogP contribution in [0.3, 0.4) is 0 Å². The minimum Gasteiger partial charge on any atom is -0.508 e. The number of benzene rings is 2. The SMILES string of the molecule is CC(C)(C)c1ccc(C(O)(C(=O)CO)c2ccccc2)c(O)c1. The van der Waals surface area contributed by atoms with Gasteiger partial charge in [-0.3, -0.25) is 4.79 Å². The molecule has 122 valence electrons. The van der Waals surface area contributed by atoms with Crippen LogP contribution in [-0.2, 0) is 15.8 Å². The Kier molecular flexibility index (Phi) is 4.59. The molecule has 1 atom stereocenters. The van der Waals surface area contributed by atoms with Crippen LogP contribution in [0.4, 0.5) is 0 Å². The van der Waals surface area contributed by atoms with Gasteiger partial charge in [0.2, 0.25) is 0 Å². The van der Waals surface area contributed by atoms with Gasteiger partial charge in [0.15, 0.2) is 11.4 Å². The Labute approximate surface area is 136 Å². The number of phenolic OH excluding ortho intramolecular Hbond substituents is 1. The standard InChI is InChI=1S/C19H22O4/c1-18(2,3)14-9-10-15(16(21)11-14)19(23,17(22)12-20)13-7-5-4-6-8-13/h4-11,20-21,23H,12H2,1-3H3. The number of ketones is 1. The van der Waals surface area contributed by atoms with Crippen LogP contribution in [0, 0.1) is 0 Å². The summed E-state index contributed by atoms with van der Waals surface area (Å²) in [5.41, 5.74) is -1.02. The van der Waals surface area contributed by atoms with E-state index >= 15 is 0 Å². The van der Waals surface area contributed by atoms with E-state index in [0.717, 1.165) is 5.56 Å². The Balaban J connectivity index is 2.65. The average Bonchev–Trinajstić information content (AvgIpc) is 2.53. The van der Waals surface area contributed by atoms with E-state index in [1.165, 1.54) is 6.07 Å². The van der Waals surface area contributed by atoms with E-state index in [0.29, 0.717) is 5.56 Å². The Morgan fingerprint density at radius 3 is 2.09 bits per heavy atom. The molecule has 0 fully saturated rings. The maximum atomic E-state index is 12.3. The van der Waals surface area contributed by atoms with Gasteiger partial charge in [0.25, 0.3) is 0 Å². The molecule has 2 aromatic carbocycles. The van der Waals surface area contributed by atoms with E-state index < -0.39 is 18.0 Å². The fourth-order valence-corrected chi connectivity index (χ4v) is 2.56. The summed E-state index contributed by atoms with van der Waals surface area (Å²) in [7, 11) is 0. The molecule has 0 radical (unpaired) electrons. The van der Waals surface area contributed by atoms with Gasteiger partial charge < -0.3 is 15.3 Å². The number of carbonyl (C=O) groups is 1. The molecule has 2 aromatic rings. The number of phenols is 1. The number of rotatable bonds is 4. The number of Topliss-reactive ketones (excluding diaryl/α,β-unsaturated/α-hetero) is 1. The second kappa shape index (κ2) is 6.14. The molecule has 1 unspecified atom stereocenters. The first-order valence-electron chi connectivity index (χ1n) is 7.47. The molecule has 4 nitrogen and oxygen atoms in total. The first kappa shape index (κ1) is 17.2. The number of aliphatic hydroxyl groups is 2. The summed E-state index contributed by atoms with van der Waals surface area (Å²) in [5.74, 6) is -0.965. The highest BCUT2D eigenvalue weighted by molar-refractivity contribution is 5.93. The highest BCUT2D eigenvalue weighted by atomic mass is 16.3. The molecule has 2 rings (SSSR count). The van der Waals surface area contributed by atoms with Crippen LogP contribution in [0.2, 0.25) is 0 Å². The third kappa shape index (κ3) is 3.14. The van der Waals surface area contributed by atoms with Crippen LogP contribution < -0.4 is 0 Å². The molecule has 0 spiro atoms. The van der Waals surface area contributed by atoms with Gasteiger partial charge in [0, 0.05) is 5.56 Å². The maximum Gasteiger partial charge on any atom is 0.198 e. The van der Waals surface area contributed by atoms with Crippen molar-refractivity contribution in [1.29, 1.82) is 0 Å². The lowest BCUT2D eigenvalue weighted by molar-refractivity contribution is -0.137. The number of aromatic hydroxyl groups is 1. The third-order valence-electron chi connectivity index (χ3n) is 3.99. The van der Waals surface area contributed by atoms with Crippen molar-refractivity contribution in [1.82, 2.24) is 0 Å². The van der Waals surface area contributed by atoms with Crippen LogP contribution in [0.5, 0.6) is 5.75 Å². The highest BCUT2D eigenvalue weighted by Gasteiger charge is 2.41. The minimum absolute atomic E-state index is 0.0655. The topological polar surface area (TPSA) is 77.8 Å². The van der Waals surface area contributed by atoms with Crippen molar-refractivity contribution in [2.24, 2.45) is 0 Å². The van der Waals surface area contributed by atoms with Crippen molar-refractivity contribution < 1.29 is 20.1 Å². The summed E-state index contributed by atoms with van der Waals surface area (Å²) in [5, 5.41) is 30.7. The van der Waals surface area contributed by atoms with Crippen LogP contribution in [-0.4, -0.2) is 27.7 Å². The zero-order valence-electron chi connectivity index (χ0n) is 13.6. The van der Waals surface area contributed by atoms with Gasteiger partial charge >= 0.3 is 0 Å². The van der Waals surface area contributed by atoms with Crippen LogP contribution in [0.1, 0.15) is 37.5 Å². The van der Waals surface area contributed by atoms with Gasteiger partial charge in [-0.05, 0) is 22.6 Å². The van der Waals surface area contributed by atoms with E-state index in [-0.39, 0.29) is 16.7 Å². The molecular formula is C19H22O4. The minimum atomic E-state index is -2.09. The van der Waals surface area contributed by atoms with Crippen molar-refractivity contribution in [3.8, 4) is 5.75 Å². The number of hydrogen-bond acceptors (Lipinski definition) is 4. The molecule has 0 aromatic heterocycles. The Morgan fingerprint density at radius 1 is 1.00 bits per heavy atom. The van der Waals surface area contributed by atoms with Crippen LogP contribution in [0.15, 0.2) is 48.5 Å². The Hall–Kier alpha value is -2.17. The third-order valence-corrected chi connectivity index (χ3v) is 3.99. The first-order chi connectivity index (χ1) is 10.7. The van der Waals surface area contributed by atoms with Crippen molar-refractivity contribution in [2.45, 2.75) is 31.8 Å². The monoisotopic (exact) mass is 314 g/mol. The van der Waals surface area contributed by atoms with Gasteiger partial charge in [-0.2, -0.15) is 0 Å². The molecule has 0 aliphatic rings. The molecule has 0 heterocycles. The van der Waals surface area contributed by atoms with Crippen molar-refractivity contribution in [3.63, 3.8) is 0 Å². The van der Waals surface area contributed by atoms with Crippen LogP contribution >= 0.6 is 0 Å². The second-order valence-electron chi connectivity index (χ2n) is 6.64. The van der Waals surface area contributed by atoms with E-state index in [2.05, 4.69) is 0 Å². The lowest BCUT2D eigenvalue weighted by atomic mass is 9.79. The van der Waals surface area contributed by atoms with E-state index in [9.17, 15) is 20.1 Å². The van der Waals surface area contributed by atoms with Gasteiger partial charge in [-0.1, -0.05) is 63.2 Å². The lowest BCUT2D eigenvalue weighted by Crippen LogP contribution is -2.39. The van der Waals surface area contributed by atoms with Gasteiger partial charge in [-0.25, -0.2) is 0 Å². The normalized spacial score (nSPS) is 14.3. The van der Waals surface area contributed by atoms with Crippen molar-refractivity contribution in [2.75, 3.05) is 6.61 Å². The van der Waals surface area contributed by atoms with Crippen molar-refractivity contribution in [3.05, 3.63) is 65.2 Å². The smallest absolute Gasteiger partial charge is 0.198 e.